The van der Waals surface area contributed by atoms with Gasteiger partial charge in [0.1, 0.15) is 0 Å². The van der Waals surface area contributed by atoms with Gasteiger partial charge in [-0.15, -0.1) is 0 Å². The van der Waals surface area contributed by atoms with E-state index in [-0.39, 0.29) is 0 Å². The molecule has 2 fully saturated rings. The summed E-state index contributed by atoms with van der Waals surface area (Å²) < 4.78 is 5.24. The van der Waals surface area contributed by atoms with E-state index in [1.54, 1.807) is 0 Å². The first-order valence-corrected chi connectivity index (χ1v) is 3.23. The lowest BCUT2D eigenvalue weighted by Gasteiger charge is -2.07. The first kappa shape index (κ1) is 4.77. The van der Waals surface area contributed by atoms with Crippen LogP contribution in [0.2, 0.25) is 0 Å². The molecule has 0 amide bonds. The number of epoxide rings is 1. The normalized spacial score (nSPS) is 51.4. The largest absolute Gasteiger partial charge is 0.369 e. The first-order valence-electron chi connectivity index (χ1n) is 3.23. The summed E-state index contributed by atoms with van der Waals surface area (Å²) in [5.41, 5.74) is 0. The molecular weight excluding hydrogens is 102 g/mol. The molecule has 2 nitrogen and oxygen atoms in total. The average molecular weight is 113 g/mol. The Morgan fingerprint density at radius 3 is 2.38 bits per heavy atom. The van der Waals surface area contributed by atoms with E-state index in [4.69, 9.17) is 4.74 Å². The maximum absolute atomic E-state index is 5.24. The van der Waals surface area contributed by atoms with Gasteiger partial charge in [0.2, 0.25) is 0 Å². The molecule has 2 heteroatoms. The molecule has 1 saturated carbocycles. The predicted molar refractivity (Wildman–Crippen MR) is 30.7 cm³/mol. The minimum Gasteiger partial charge on any atom is -0.369 e. The van der Waals surface area contributed by atoms with E-state index in [2.05, 4.69) is 5.32 Å². The molecule has 0 unspecified atom stereocenters. The van der Waals surface area contributed by atoms with Gasteiger partial charge in [-0.05, 0) is 19.9 Å². The number of hydrogen-bond acceptors (Lipinski definition) is 2. The van der Waals surface area contributed by atoms with Crippen LogP contribution in [0.3, 0.4) is 0 Å². The van der Waals surface area contributed by atoms with E-state index in [1.165, 1.54) is 12.8 Å². The van der Waals surface area contributed by atoms with Crippen LogP contribution in [0.25, 0.3) is 0 Å². The molecule has 1 aliphatic carbocycles. The van der Waals surface area contributed by atoms with Crippen LogP contribution in [-0.2, 0) is 4.74 Å². The highest BCUT2D eigenvalue weighted by Crippen LogP contribution is 2.37. The summed E-state index contributed by atoms with van der Waals surface area (Å²) in [5, 5.41) is 3.24. The van der Waals surface area contributed by atoms with Gasteiger partial charge < -0.3 is 10.1 Å². The van der Waals surface area contributed by atoms with E-state index in [1.807, 2.05) is 7.05 Å². The van der Waals surface area contributed by atoms with E-state index in [0.29, 0.717) is 12.2 Å². The third-order valence-corrected chi connectivity index (χ3v) is 2.13. The SMILES string of the molecule is CN[C@H]1C[C@@H]2O[C@@H]2C1. The molecule has 0 bridgehead atoms. The van der Waals surface area contributed by atoms with Crippen LogP contribution in [0.1, 0.15) is 12.8 Å². The summed E-state index contributed by atoms with van der Waals surface area (Å²) in [5.74, 6) is 0. The maximum Gasteiger partial charge on any atom is 0.0857 e. The van der Waals surface area contributed by atoms with Gasteiger partial charge in [0, 0.05) is 6.04 Å². The number of nitrogens with one attached hydrogen (secondary N) is 1. The summed E-state index contributed by atoms with van der Waals surface area (Å²) in [6, 6.07) is 0.749. The molecular formula is C6H11NO. The van der Waals surface area contributed by atoms with Crippen LogP contribution in [0.5, 0.6) is 0 Å². The summed E-state index contributed by atoms with van der Waals surface area (Å²) in [6.45, 7) is 0. The summed E-state index contributed by atoms with van der Waals surface area (Å²) >= 11 is 0. The van der Waals surface area contributed by atoms with Crippen molar-refractivity contribution in [2.24, 2.45) is 0 Å². The van der Waals surface area contributed by atoms with Crippen LogP contribution in [0.15, 0.2) is 0 Å². The van der Waals surface area contributed by atoms with Crippen molar-refractivity contribution in [3.63, 3.8) is 0 Å². The molecule has 3 atom stereocenters. The van der Waals surface area contributed by atoms with Crippen molar-refractivity contribution in [3.05, 3.63) is 0 Å². The molecule has 1 saturated heterocycles. The molecule has 2 aliphatic rings. The standard InChI is InChI=1S/C6H11NO/c1-7-4-2-5-6(3-4)8-5/h4-7H,2-3H2,1H3/t4-,5-,6+. The maximum atomic E-state index is 5.24. The van der Waals surface area contributed by atoms with Gasteiger partial charge in [0.05, 0.1) is 12.2 Å². The fraction of sp³-hybridized carbons (Fsp3) is 1.00. The molecule has 0 radical (unpaired) electrons. The molecule has 8 heavy (non-hydrogen) atoms. The van der Waals surface area contributed by atoms with Crippen molar-refractivity contribution in [1.82, 2.24) is 5.32 Å². The number of hydrogen-bond donors (Lipinski definition) is 1. The van der Waals surface area contributed by atoms with Crippen molar-refractivity contribution in [2.75, 3.05) is 7.05 Å². The van der Waals surface area contributed by atoms with Gasteiger partial charge in [-0.1, -0.05) is 0 Å². The molecule has 0 aromatic rings. The van der Waals surface area contributed by atoms with Crippen LogP contribution in [0.4, 0.5) is 0 Å². The van der Waals surface area contributed by atoms with Gasteiger partial charge in [-0.2, -0.15) is 0 Å². The van der Waals surface area contributed by atoms with Crippen molar-refractivity contribution in [1.29, 1.82) is 0 Å². The van der Waals surface area contributed by atoms with Gasteiger partial charge in [0.25, 0.3) is 0 Å². The van der Waals surface area contributed by atoms with Crippen molar-refractivity contribution >= 4 is 0 Å². The Hall–Kier alpha value is -0.0800. The highest BCUT2D eigenvalue weighted by molar-refractivity contribution is 4.98. The summed E-state index contributed by atoms with van der Waals surface area (Å²) in [7, 11) is 2.02. The van der Waals surface area contributed by atoms with Crippen LogP contribution in [-0.4, -0.2) is 25.3 Å². The zero-order chi connectivity index (χ0) is 5.56. The number of ether oxygens (including phenoxy) is 1. The topological polar surface area (TPSA) is 24.6 Å². The summed E-state index contributed by atoms with van der Waals surface area (Å²) in [6.07, 6.45) is 3.74. The number of fused-ring (bicyclic) bond motifs is 1. The lowest BCUT2D eigenvalue weighted by atomic mass is 10.2. The third-order valence-electron chi connectivity index (χ3n) is 2.13. The highest BCUT2D eigenvalue weighted by atomic mass is 16.6. The Kier molecular flexibility index (Phi) is 0.866. The second-order valence-corrected chi connectivity index (χ2v) is 2.67. The Morgan fingerprint density at radius 1 is 1.38 bits per heavy atom. The lowest BCUT2D eigenvalue weighted by Crippen LogP contribution is -2.23. The van der Waals surface area contributed by atoms with E-state index in [0.717, 1.165) is 6.04 Å². The van der Waals surface area contributed by atoms with Crippen molar-refractivity contribution < 1.29 is 4.74 Å². The molecule has 0 spiro atoms. The smallest absolute Gasteiger partial charge is 0.0857 e. The molecule has 0 aromatic heterocycles. The van der Waals surface area contributed by atoms with Crippen molar-refractivity contribution in [3.8, 4) is 0 Å². The zero-order valence-corrected chi connectivity index (χ0v) is 5.05. The number of rotatable bonds is 1. The molecule has 0 aromatic carbocycles. The van der Waals surface area contributed by atoms with Crippen LogP contribution in [0, 0.1) is 0 Å². The second kappa shape index (κ2) is 1.45. The van der Waals surface area contributed by atoms with E-state index in [9.17, 15) is 0 Å². The van der Waals surface area contributed by atoms with Crippen LogP contribution < -0.4 is 5.32 Å². The molecule has 1 heterocycles. The first-order chi connectivity index (χ1) is 3.90. The minimum absolute atomic E-state index is 0.632. The molecule has 2 rings (SSSR count). The van der Waals surface area contributed by atoms with E-state index < -0.39 is 0 Å². The van der Waals surface area contributed by atoms with Gasteiger partial charge in [-0.25, -0.2) is 0 Å². The average Bonchev–Trinajstić information content (AvgIpc) is 2.40. The molecule has 46 valence electrons. The second-order valence-electron chi connectivity index (χ2n) is 2.67. The Labute approximate surface area is 49.2 Å². The summed E-state index contributed by atoms with van der Waals surface area (Å²) in [4.78, 5) is 0. The Balaban J connectivity index is 1.89. The third kappa shape index (κ3) is 0.565. The molecule has 1 aliphatic heterocycles. The monoisotopic (exact) mass is 113 g/mol. The van der Waals surface area contributed by atoms with Gasteiger partial charge >= 0.3 is 0 Å². The van der Waals surface area contributed by atoms with Gasteiger partial charge in [-0.3, -0.25) is 0 Å². The van der Waals surface area contributed by atoms with Gasteiger partial charge in [0.15, 0.2) is 0 Å². The predicted octanol–water partition coefficient (Wildman–Crippen LogP) is 0.136. The van der Waals surface area contributed by atoms with Crippen LogP contribution >= 0.6 is 0 Å². The van der Waals surface area contributed by atoms with Crippen molar-refractivity contribution in [2.45, 2.75) is 31.1 Å². The molecule has 1 N–H and O–H groups in total. The Bertz CT molecular complexity index is 94.7. The fourth-order valence-corrected chi connectivity index (χ4v) is 1.49. The lowest BCUT2D eigenvalue weighted by molar-refractivity contribution is 0.291. The zero-order valence-electron chi connectivity index (χ0n) is 5.05. The van der Waals surface area contributed by atoms with E-state index >= 15 is 0 Å². The fourth-order valence-electron chi connectivity index (χ4n) is 1.49. The minimum atomic E-state index is 0.632. The Morgan fingerprint density at radius 2 is 2.00 bits per heavy atom. The highest BCUT2D eigenvalue weighted by Gasteiger charge is 2.47. The quantitative estimate of drug-likeness (QED) is 0.489.